The van der Waals surface area contributed by atoms with Crippen LogP contribution in [0.4, 0.5) is 11.9 Å². The number of nitrogens with zero attached hydrogens (tertiary/aromatic N) is 6. The van der Waals surface area contributed by atoms with Gasteiger partial charge in [0.05, 0.1) is 6.26 Å². The fourth-order valence-electron chi connectivity index (χ4n) is 3.88. The quantitative estimate of drug-likeness (QED) is 0.449. The summed E-state index contributed by atoms with van der Waals surface area (Å²) in [7, 11) is 0. The van der Waals surface area contributed by atoms with Gasteiger partial charge in [-0.1, -0.05) is 23.2 Å². The van der Waals surface area contributed by atoms with E-state index in [-0.39, 0.29) is 5.95 Å². The summed E-state index contributed by atoms with van der Waals surface area (Å²) in [6, 6.07) is 9.53. The van der Waals surface area contributed by atoms with E-state index in [0.29, 0.717) is 45.9 Å². The highest BCUT2D eigenvalue weighted by molar-refractivity contribution is 6.34. The summed E-state index contributed by atoms with van der Waals surface area (Å²) in [4.78, 5) is 15.6. The number of benzene rings is 1. The number of halogens is 2. The molecular weight excluding hydrogens is 439 g/mol. The van der Waals surface area contributed by atoms with Crippen molar-refractivity contribution in [2.75, 3.05) is 24.1 Å². The summed E-state index contributed by atoms with van der Waals surface area (Å²) >= 11 is 12.3. The lowest BCUT2D eigenvalue weighted by Gasteiger charge is -2.25. The fraction of sp³-hybridized carbons (Fsp3) is 0.300. The summed E-state index contributed by atoms with van der Waals surface area (Å²) in [6.07, 6.45) is 3.76. The Morgan fingerprint density at radius 2 is 2.00 bits per heavy atom. The monoisotopic (exact) mass is 458 g/mol. The van der Waals surface area contributed by atoms with Crippen LogP contribution < -0.4 is 11.1 Å². The van der Waals surface area contributed by atoms with Crippen molar-refractivity contribution in [1.82, 2.24) is 29.5 Å². The van der Waals surface area contributed by atoms with Gasteiger partial charge in [0.25, 0.3) is 5.78 Å². The van der Waals surface area contributed by atoms with Crippen molar-refractivity contribution >= 4 is 40.9 Å². The van der Waals surface area contributed by atoms with Gasteiger partial charge in [0.2, 0.25) is 17.7 Å². The fourth-order valence-corrected chi connectivity index (χ4v) is 4.45. The molecule has 1 aliphatic heterocycles. The molecule has 0 amide bonds. The van der Waals surface area contributed by atoms with E-state index in [2.05, 4.69) is 30.3 Å². The van der Waals surface area contributed by atoms with Crippen LogP contribution in [0.3, 0.4) is 0 Å². The van der Waals surface area contributed by atoms with Gasteiger partial charge >= 0.3 is 0 Å². The lowest BCUT2D eigenvalue weighted by molar-refractivity contribution is 0.254. The molecule has 0 radical (unpaired) electrons. The highest BCUT2D eigenvalue weighted by Gasteiger charge is 2.25. The molecule has 5 rings (SSSR count). The number of hydrogen-bond acceptors (Lipinski definition) is 8. The van der Waals surface area contributed by atoms with E-state index in [9.17, 15) is 0 Å². The van der Waals surface area contributed by atoms with Crippen LogP contribution in [-0.4, -0.2) is 48.6 Å². The van der Waals surface area contributed by atoms with Crippen LogP contribution in [0.2, 0.25) is 10.0 Å². The molecular formula is C20H20Cl2N8O. The largest absolute Gasteiger partial charge is 0.461 e. The van der Waals surface area contributed by atoms with Gasteiger partial charge in [-0.15, -0.1) is 5.10 Å². The number of anilines is 2. The van der Waals surface area contributed by atoms with Gasteiger partial charge in [-0.3, -0.25) is 4.90 Å². The number of nitrogen functional groups attached to an aromatic ring is 1. The highest BCUT2D eigenvalue weighted by atomic mass is 35.5. The Bertz CT molecular complexity index is 1190. The minimum absolute atomic E-state index is 0.203. The number of rotatable bonds is 6. The minimum Gasteiger partial charge on any atom is -0.461 e. The smallest absolute Gasteiger partial charge is 0.259 e. The second kappa shape index (κ2) is 8.33. The first-order chi connectivity index (χ1) is 15.0. The SMILES string of the molecule is Nc1nc(NCC2CCCN2Cc2cc(Cl)cc(Cl)c2)nc2nc(-c3ccco3)nn12. The first kappa shape index (κ1) is 20.0. The molecule has 1 unspecified atom stereocenters. The molecule has 31 heavy (non-hydrogen) atoms. The Morgan fingerprint density at radius 3 is 2.77 bits per heavy atom. The molecule has 0 saturated carbocycles. The zero-order chi connectivity index (χ0) is 21.4. The van der Waals surface area contributed by atoms with Crippen molar-refractivity contribution in [3.05, 3.63) is 52.2 Å². The maximum Gasteiger partial charge on any atom is 0.259 e. The van der Waals surface area contributed by atoms with Gasteiger partial charge in [0, 0.05) is 29.2 Å². The van der Waals surface area contributed by atoms with Crippen LogP contribution in [0.25, 0.3) is 17.4 Å². The second-order valence-electron chi connectivity index (χ2n) is 7.46. The van der Waals surface area contributed by atoms with E-state index in [0.717, 1.165) is 31.5 Å². The normalized spacial score (nSPS) is 16.9. The van der Waals surface area contributed by atoms with Crippen LogP contribution in [0, 0.1) is 0 Å². The van der Waals surface area contributed by atoms with Gasteiger partial charge in [0.15, 0.2) is 5.76 Å². The van der Waals surface area contributed by atoms with Gasteiger partial charge in [-0.2, -0.15) is 19.5 Å². The summed E-state index contributed by atoms with van der Waals surface area (Å²) in [5.41, 5.74) is 7.17. The van der Waals surface area contributed by atoms with E-state index in [4.69, 9.17) is 33.4 Å². The number of hydrogen-bond donors (Lipinski definition) is 2. The Hall–Kier alpha value is -2.88. The van der Waals surface area contributed by atoms with Crippen molar-refractivity contribution in [3.8, 4) is 11.6 Å². The van der Waals surface area contributed by atoms with Gasteiger partial charge in [-0.05, 0) is 55.3 Å². The Kier molecular flexibility index (Phi) is 5.39. The van der Waals surface area contributed by atoms with Gasteiger partial charge < -0.3 is 15.5 Å². The summed E-state index contributed by atoms with van der Waals surface area (Å²) in [6.45, 7) is 2.48. The molecule has 9 nitrogen and oxygen atoms in total. The van der Waals surface area contributed by atoms with E-state index in [1.54, 1.807) is 24.5 Å². The molecule has 1 aliphatic rings. The molecule has 160 valence electrons. The molecule has 0 bridgehead atoms. The van der Waals surface area contributed by atoms with E-state index in [1.807, 2.05) is 12.1 Å². The van der Waals surface area contributed by atoms with E-state index >= 15 is 0 Å². The Balaban J connectivity index is 1.29. The molecule has 1 saturated heterocycles. The Labute approximate surface area is 188 Å². The highest BCUT2D eigenvalue weighted by Crippen LogP contribution is 2.25. The number of fused-ring (bicyclic) bond motifs is 1. The maximum atomic E-state index is 6.15. The number of furan rings is 1. The predicted octanol–water partition coefficient (Wildman–Crippen LogP) is 3.74. The number of nitrogens with two attached hydrogens (primary N) is 1. The molecule has 1 aromatic carbocycles. The zero-order valence-electron chi connectivity index (χ0n) is 16.5. The predicted molar refractivity (Wildman–Crippen MR) is 119 cm³/mol. The van der Waals surface area contributed by atoms with Crippen molar-refractivity contribution in [2.45, 2.75) is 25.4 Å². The summed E-state index contributed by atoms with van der Waals surface area (Å²) < 4.78 is 6.74. The lowest BCUT2D eigenvalue weighted by atomic mass is 10.2. The molecule has 0 spiro atoms. The van der Waals surface area contributed by atoms with E-state index < -0.39 is 0 Å². The topological polar surface area (TPSA) is 110 Å². The van der Waals surface area contributed by atoms with Crippen LogP contribution in [-0.2, 0) is 6.54 Å². The number of nitrogens with one attached hydrogen (secondary N) is 1. The third-order valence-electron chi connectivity index (χ3n) is 5.28. The lowest BCUT2D eigenvalue weighted by Crippen LogP contribution is -2.34. The van der Waals surface area contributed by atoms with Crippen LogP contribution in [0.5, 0.6) is 0 Å². The third kappa shape index (κ3) is 4.30. The molecule has 4 heterocycles. The van der Waals surface area contributed by atoms with Crippen LogP contribution >= 0.6 is 23.2 Å². The van der Waals surface area contributed by atoms with Crippen molar-refractivity contribution in [3.63, 3.8) is 0 Å². The van der Waals surface area contributed by atoms with Crippen LogP contribution in [0.15, 0.2) is 41.0 Å². The molecule has 0 aliphatic carbocycles. The molecule has 1 fully saturated rings. The number of aromatic nitrogens is 5. The number of likely N-dealkylation sites (tertiary alicyclic amines) is 1. The van der Waals surface area contributed by atoms with Crippen molar-refractivity contribution < 1.29 is 4.42 Å². The minimum atomic E-state index is 0.203. The molecule has 4 aromatic rings. The standard InChI is InChI=1S/C20H20Cl2N8O/c21-13-7-12(8-14(22)9-13)11-29-5-1-3-15(29)10-24-19-26-18(23)30-20(27-19)25-17(28-30)16-4-2-6-31-16/h2,4,6-9,15H,1,3,5,10-11H2,(H3,23,24,25,26,27,28). The summed E-state index contributed by atoms with van der Waals surface area (Å²) in [5, 5.41) is 8.91. The average Bonchev–Trinajstić information content (AvgIpc) is 3.46. The molecule has 3 N–H and O–H groups in total. The first-order valence-electron chi connectivity index (χ1n) is 9.92. The van der Waals surface area contributed by atoms with Gasteiger partial charge in [-0.25, -0.2) is 0 Å². The average molecular weight is 459 g/mol. The van der Waals surface area contributed by atoms with Crippen molar-refractivity contribution in [2.24, 2.45) is 0 Å². The van der Waals surface area contributed by atoms with Gasteiger partial charge in [0.1, 0.15) is 0 Å². The summed E-state index contributed by atoms with van der Waals surface area (Å²) in [5.74, 6) is 1.93. The molecule has 11 heteroatoms. The first-order valence-corrected chi connectivity index (χ1v) is 10.7. The zero-order valence-corrected chi connectivity index (χ0v) is 18.0. The second-order valence-corrected chi connectivity index (χ2v) is 8.33. The molecule has 1 atom stereocenters. The Morgan fingerprint density at radius 1 is 1.16 bits per heavy atom. The van der Waals surface area contributed by atoms with E-state index in [1.165, 1.54) is 4.52 Å². The maximum absolute atomic E-state index is 6.15. The third-order valence-corrected chi connectivity index (χ3v) is 5.71. The molecule has 3 aromatic heterocycles. The van der Waals surface area contributed by atoms with Crippen molar-refractivity contribution in [1.29, 1.82) is 0 Å². The van der Waals surface area contributed by atoms with Crippen LogP contribution in [0.1, 0.15) is 18.4 Å².